The van der Waals surface area contributed by atoms with E-state index in [4.69, 9.17) is 4.74 Å². The lowest BCUT2D eigenvalue weighted by Gasteiger charge is -2.32. The van der Waals surface area contributed by atoms with Crippen molar-refractivity contribution in [2.45, 2.75) is 19.3 Å². The summed E-state index contributed by atoms with van der Waals surface area (Å²) in [6, 6.07) is 13.1. The normalized spacial score (nSPS) is 17.2. The molecular formula is C32H34FN5O3. The highest BCUT2D eigenvalue weighted by Crippen LogP contribution is 2.49. The number of pyridine rings is 1. The number of amides is 1. The van der Waals surface area contributed by atoms with Crippen molar-refractivity contribution >= 4 is 33.3 Å². The van der Waals surface area contributed by atoms with E-state index in [0.29, 0.717) is 34.9 Å². The first-order valence-corrected chi connectivity index (χ1v) is 14.6. The number of aromatic nitrogens is 1. The van der Waals surface area contributed by atoms with Gasteiger partial charge in [0.05, 0.1) is 11.1 Å². The first-order valence-electron chi connectivity index (χ1n) is 14.6. The number of hydrogen-bond donors (Lipinski definition) is 1. The molecule has 4 aromatic rings. The van der Waals surface area contributed by atoms with Gasteiger partial charge in [0.15, 0.2) is 17.3 Å². The molecule has 41 heavy (non-hydrogen) atoms. The first kappa shape index (κ1) is 26.0. The number of halogens is 1. The van der Waals surface area contributed by atoms with E-state index < -0.39 is 17.2 Å². The molecule has 4 heterocycles. The van der Waals surface area contributed by atoms with Crippen molar-refractivity contribution in [1.29, 1.82) is 0 Å². The van der Waals surface area contributed by atoms with Crippen LogP contribution in [0.2, 0.25) is 0 Å². The fourth-order valence-electron chi connectivity index (χ4n) is 6.40. The maximum atomic E-state index is 15.8. The van der Waals surface area contributed by atoms with Gasteiger partial charge in [-0.25, -0.2) is 4.39 Å². The number of piperazine rings is 1. The van der Waals surface area contributed by atoms with Gasteiger partial charge >= 0.3 is 0 Å². The van der Waals surface area contributed by atoms with Gasteiger partial charge < -0.3 is 29.3 Å². The predicted octanol–water partition coefficient (Wildman–Crippen LogP) is 4.36. The third-order valence-corrected chi connectivity index (χ3v) is 8.69. The van der Waals surface area contributed by atoms with E-state index >= 15 is 4.39 Å². The molecule has 1 aromatic heterocycles. The Bertz CT molecular complexity index is 1720. The van der Waals surface area contributed by atoms with Crippen molar-refractivity contribution in [2.24, 2.45) is 0 Å². The fraction of sp³-hybridized carbons (Fsp3) is 0.375. The third kappa shape index (κ3) is 4.53. The molecule has 1 amide bonds. The van der Waals surface area contributed by atoms with E-state index in [-0.39, 0.29) is 10.9 Å². The average molecular weight is 556 g/mol. The number of hydrogen-bond acceptors (Lipinski definition) is 6. The first-order chi connectivity index (χ1) is 20.0. The Morgan fingerprint density at radius 2 is 1.76 bits per heavy atom. The molecule has 0 saturated carbocycles. The molecule has 2 fully saturated rings. The van der Waals surface area contributed by atoms with E-state index in [0.717, 1.165) is 75.8 Å². The lowest BCUT2D eigenvalue weighted by molar-refractivity contribution is 0.0948. The Labute approximate surface area is 237 Å². The molecule has 2 saturated heterocycles. The smallest absolute Gasteiger partial charge is 0.256 e. The van der Waals surface area contributed by atoms with Gasteiger partial charge in [0.25, 0.3) is 5.91 Å². The predicted molar refractivity (Wildman–Crippen MR) is 159 cm³/mol. The van der Waals surface area contributed by atoms with E-state index in [1.165, 1.54) is 6.07 Å². The lowest BCUT2D eigenvalue weighted by atomic mass is 10.0. The summed E-state index contributed by atoms with van der Waals surface area (Å²) < 4.78 is 24.2. The van der Waals surface area contributed by atoms with Crippen LogP contribution < -0.4 is 20.4 Å². The number of carbonyl (C=O) groups is 1. The molecule has 1 N–H and O–H groups in total. The molecule has 0 aliphatic carbocycles. The number of anilines is 1. The lowest BCUT2D eigenvalue weighted by Crippen LogP contribution is -2.45. The molecule has 0 bridgehead atoms. The zero-order valence-corrected chi connectivity index (χ0v) is 23.3. The highest BCUT2D eigenvalue weighted by molar-refractivity contribution is 6.03. The number of ether oxygens (including phenoxy) is 1. The largest absolute Gasteiger partial charge is 0.450 e. The summed E-state index contributed by atoms with van der Waals surface area (Å²) in [5, 5.41) is 4.96. The van der Waals surface area contributed by atoms with E-state index in [9.17, 15) is 9.59 Å². The van der Waals surface area contributed by atoms with Crippen molar-refractivity contribution in [3.63, 3.8) is 0 Å². The van der Waals surface area contributed by atoms with E-state index in [1.54, 1.807) is 6.20 Å². The van der Waals surface area contributed by atoms with Crippen LogP contribution in [-0.4, -0.2) is 79.7 Å². The Kier molecular flexibility index (Phi) is 6.63. The quantitative estimate of drug-likeness (QED) is 0.314. The van der Waals surface area contributed by atoms with Gasteiger partial charge in [-0.1, -0.05) is 30.3 Å². The molecule has 0 spiro atoms. The zero-order chi connectivity index (χ0) is 28.1. The number of nitrogens with one attached hydrogen (secondary N) is 1. The maximum absolute atomic E-state index is 15.8. The van der Waals surface area contributed by atoms with Crippen molar-refractivity contribution in [2.75, 3.05) is 64.3 Å². The zero-order valence-electron chi connectivity index (χ0n) is 23.3. The number of nitrogens with zero attached hydrogens (tertiary/aromatic N) is 4. The minimum Gasteiger partial charge on any atom is -0.450 e. The molecule has 212 valence electrons. The highest BCUT2D eigenvalue weighted by atomic mass is 19.1. The van der Waals surface area contributed by atoms with E-state index in [2.05, 4.69) is 22.2 Å². The van der Waals surface area contributed by atoms with Crippen LogP contribution in [0.15, 0.2) is 53.5 Å². The number of fused-ring (bicyclic) bond motifs is 4. The average Bonchev–Trinajstić information content (AvgIpc) is 3.51. The van der Waals surface area contributed by atoms with Crippen LogP contribution in [0, 0.1) is 5.82 Å². The van der Waals surface area contributed by atoms with Crippen molar-refractivity contribution in [3.8, 4) is 17.2 Å². The standard InChI is InChI=1S/C32H34FN5O3/c1-35-15-17-36(18-16-35)12-6-11-34-32(40)24-20-38-26-10-9-21-7-2-3-8-22(21)30(26)41-31-27(38)23(29(24)39)19-25(33)28(31)37-13-4-5-14-37/h2-3,7-10,19-20H,4-6,11-18H2,1H3,(H,34,40). The van der Waals surface area contributed by atoms with Crippen molar-refractivity contribution in [1.82, 2.24) is 19.7 Å². The van der Waals surface area contributed by atoms with Crippen LogP contribution >= 0.6 is 0 Å². The molecule has 0 unspecified atom stereocenters. The van der Waals surface area contributed by atoms with Crippen LogP contribution in [-0.2, 0) is 0 Å². The van der Waals surface area contributed by atoms with Crippen molar-refractivity contribution < 1.29 is 13.9 Å². The van der Waals surface area contributed by atoms with Crippen LogP contribution in [0.5, 0.6) is 11.5 Å². The summed E-state index contributed by atoms with van der Waals surface area (Å²) in [6.07, 6.45) is 4.33. The molecular weight excluding hydrogens is 521 g/mol. The molecule has 3 aliphatic heterocycles. The summed E-state index contributed by atoms with van der Waals surface area (Å²) in [4.78, 5) is 33.8. The number of carbonyl (C=O) groups excluding carboxylic acids is 1. The summed E-state index contributed by atoms with van der Waals surface area (Å²) in [7, 11) is 2.13. The number of rotatable bonds is 6. The van der Waals surface area contributed by atoms with Gasteiger partial charge in [-0.3, -0.25) is 9.59 Å². The van der Waals surface area contributed by atoms with Gasteiger partial charge in [-0.2, -0.15) is 0 Å². The summed E-state index contributed by atoms with van der Waals surface area (Å²) >= 11 is 0. The number of benzene rings is 3. The van der Waals surface area contributed by atoms with Crippen LogP contribution in [0.4, 0.5) is 10.1 Å². The van der Waals surface area contributed by atoms with Gasteiger partial charge in [0, 0.05) is 57.4 Å². The SMILES string of the molecule is CN1CCN(CCCNC(=O)c2cn3c4c(c(N5CCCC5)c(F)cc4c2=O)Oc2c-3ccc3ccccc23)CC1. The molecule has 7 rings (SSSR count). The monoisotopic (exact) mass is 555 g/mol. The Balaban J connectivity index is 1.29. The van der Waals surface area contributed by atoms with Crippen LogP contribution in [0.1, 0.15) is 29.6 Å². The Morgan fingerprint density at radius 1 is 0.976 bits per heavy atom. The second-order valence-corrected chi connectivity index (χ2v) is 11.4. The summed E-state index contributed by atoms with van der Waals surface area (Å²) in [5.41, 5.74) is 1.09. The van der Waals surface area contributed by atoms with Crippen LogP contribution in [0.3, 0.4) is 0 Å². The molecule has 3 aliphatic rings. The second-order valence-electron chi connectivity index (χ2n) is 11.4. The van der Waals surface area contributed by atoms with Crippen molar-refractivity contribution in [3.05, 3.63) is 70.3 Å². The fourth-order valence-corrected chi connectivity index (χ4v) is 6.40. The topological polar surface area (TPSA) is 70.0 Å². The van der Waals surface area contributed by atoms with Gasteiger partial charge in [-0.15, -0.1) is 0 Å². The Morgan fingerprint density at radius 3 is 2.56 bits per heavy atom. The maximum Gasteiger partial charge on any atom is 0.256 e. The molecule has 9 heteroatoms. The molecule has 0 atom stereocenters. The van der Waals surface area contributed by atoms with Gasteiger partial charge in [0.2, 0.25) is 5.43 Å². The van der Waals surface area contributed by atoms with Gasteiger partial charge in [0.1, 0.15) is 16.8 Å². The van der Waals surface area contributed by atoms with Gasteiger partial charge in [-0.05, 0) is 50.4 Å². The van der Waals surface area contributed by atoms with E-state index in [1.807, 2.05) is 45.9 Å². The summed E-state index contributed by atoms with van der Waals surface area (Å²) in [5.74, 6) is -0.0305. The summed E-state index contributed by atoms with van der Waals surface area (Å²) in [6.45, 7) is 6.91. The minimum atomic E-state index is -0.508. The third-order valence-electron chi connectivity index (χ3n) is 8.69. The van der Waals surface area contributed by atoms with Crippen LogP contribution in [0.25, 0.3) is 27.4 Å². The molecule has 0 radical (unpaired) electrons. The molecule has 3 aromatic carbocycles. The Hall–Kier alpha value is -3.95. The number of likely N-dealkylation sites (N-methyl/N-ethyl adjacent to an activating group) is 1. The molecule has 8 nitrogen and oxygen atoms in total. The minimum absolute atomic E-state index is 0.00243. The second kappa shape index (κ2) is 10.5. The highest BCUT2D eigenvalue weighted by Gasteiger charge is 2.32.